The summed E-state index contributed by atoms with van der Waals surface area (Å²) in [6, 6.07) is 10.2. The van der Waals surface area contributed by atoms with Crippen LogP contribution in [0.25, 0.3) is 21.0 Å². The van der Waals surface area contributed by atoms with Gasteiger partial charge in [-0.2, -0.15) is 0 Å². The van der Waals surface area contributed by atoms with E-state index in [0.29, 0.717) is 10.8 Å². The van der Waals surface area contributed by atoms with E-state index in [4.69, 9.17) is 0 Å². The van der Waals surface area contributed by atoms with Crippen molar-refractivity contribution >= 4 is 33.7 Å². The molecule has 0 fully saturated rings. The molecule has 0 saturated heterocycles. The van der Waals surface area contributed by atoms with Gasteiger partial charge in [0.1, 0.15) is 23.1 Å². The first-order chi connectivity index (χ1) is 14.8. The second kappa shape index (κ2) is 8.52. The fraction of sp³-hybridized carbons (Fsp3) is 0.136. The SMILES string of the molecule is Cc1nc(C)c(-c2nc(NC(=O)Cc3c(F)cccc3F)sc2-c2cccc(O)c2)s1. The third-order valence-electron chi connectivity index (χ3n) is 4.50. The lowest BCUT2D eigenvalue weighted by Crippen LogP contribution is -2.16. The van der Waals surface area contributed by atoms with Gasteiger partial charge >= 0.3 is 0 Å². The number of anilines is 1. The Labute approximate surface area is 185 Å². The van der Waals surface area contributed by atoms with Crippen molar-refractivity contribution in [3.05, 3.63) is 70.4 Å². The average molecular weight is 458 g/mol. The zero-order valence-electron chi connectivity index (χ0n) is 16.6. The number of nitrogens with zero attached hydrogens (tertiary/aromatic N) is 2. The maximum atomic E-state index is 13.9. The zero-order valence-corrected chi connectivity index (χ0v) is 18.2. The number of phenolic OH excluding ortho intramolecular Hbond substituents is 1. The molecule has 0 spiro atoms. The molecular formula is C22H17F2N3O2S2. The summed E-state index contributed by atoms with van der Waals surface area (Å²) < 4.78 is 27.8. The van der Waals surface area contributed by atoms with E-state index in [1.54, 1.807) is 18.2 Å². The Kier molecular flexibility index (Phi) is 5.79. The van der Waals surface area contributed by atoms with Gasteiger partial charge in [-0.15, -0.1) is 11.3 Å². The maximum Gasteiger partial charge on any atom is 0.230 e. The Morgan fingerprint density at radius 1 is 1.03 bits per heavy atom. The van der Waals surface area contributed by atoms with Gasteiger partial charge in [-0.05, 0) is 43.7 Å². The first-order valence-electron chi connectivity index (χ1n) is 9.29. The number of aromatic nitrogens is 2. The van der Waals surface area contributed by atoms with Crippen LogP contribution in [0.3, 0.4) is 0 Å². The molecule has 4 aromatic rings. The van der Waals surface area contributed by atoms with Crippen LogP contribution >= 0.6 is 22.7 Å². The molecule has 0 bridgehead atoms. The van der Waals surface area contributed by atoms with E-state index in [-0.39, 0.29) is 11.3 Å². The van der Waals surface area contributed by atoms with Crippen LogP contribution in [0.15, 0.2) is 42.5 Å². The molecule has 0 unspecified atom stereocenters. The van der Waals surface area contributed by atoms with Crippen molar-refractivity contribution in [3.8, 4) is 26.8 Å². The standard InChI is InChI=1S/C22H17F2N3O2S2/c1-11-20(30-12(2)25-11)19-21(13-5-3-6-14(28)9-13)31-22(27-19)26-18(29)10-15-16(23)7-4-8-17(15)24/h3-9,28H,10H2,1-2H3,(H,26,27,29). The number of halogens is 2. The van der Waals surface area contributed by atoms with Crippen LogP contribution in [-0.2, 0) is 11.2 Å². The molecule has 2 N–H and O–H groups in total. The van der Waals surface area contributed by atoms with E-state index < -0.39 is 24.0 Å². The summed E-state index contributed by atoms with van der Waals surface area (Å²) in [5, 5.41) is 13.7. The van der Waals surface area contributed by atoms with Gasteiger partial charge in [0, 0.05) is 5.56 Å². The minimum absolute atomic E-state index is 0.106. The van der Waals surface area contributed by atoms with Gasteiger partial charge in [0.05, 0.1) is 26.9 Å². The zero-order chi connectivity index (χ0) is 22.1. The van der Waals surface area contributed by atoms with Crippen LogP contribution in [0.2, 0.25) is 0 Å². The van der Waals surface area contributed by atoms with Crippen LogP contribution in [0.5, 0.6) is 5.75 Å². The Morgan fingerprint density at radius 2 is 1.74 bits per heavy atom. The van der Waals surface area contributed by atoms with Gasteiger partial charge < -0.3 is 10.4 Å². The van der Waals surface area contributed by atoms with Gasteiger partial charge in [-0.1, -0.05) is 29.5 Å². The van der Waals surface area contributed by atoms with Crippen molar-refractivity contribution in [1.82, 2.24) is 9.97 Å². The molecule has 0 radical (unpaired) electrons. The minimum atomic E-state index is -0.772. The molecule has 0 atom stereocenters. The number of amides is 1. The van der Waals surface area contributed by atoms with Crippen molar-refractivity contribution in [3.63, 3.8) is 0 Å². The Bertz CT molecular complexity index is 1260. The summed E-state index contributed by atoms with van der Waals surface area (Å²) in [6.45, 7) is 3.77. The highest BCUT2D eigenvalue weighted by atomic mass is 32.1. The molecule has 2 aromatic carbocycles. The molecule has 158 valence electrons. The molecule has 0 aliphatic rings. The van der Waals surface area contributed by atoms with E-state index in [0.717, 1.165) is 38.2 Å². The number of carbonyl (C=O) groups excluding carboxylic acids is 1. The summed E-state index contributed by atoms with van der Waals surface area (Å²) in [6.07, 6.45) is -0.451. The number of rotatable bonds is 5. The van der Waals surface area contributed by atoms with Gasteiger partial charge in [-0.3, -0.25) is 4.79 Å². The number of nitrogens with one attached hydrogen (secondary N) is 1. The van der Waals surface area contributed by atoms with Gasteiger partial charge in [0.2, 0.25) is 5.91 Å². The Balaban J connectivity index is 1.70. The topological polar surface area (TPSA) is 75.1 Å². The summed E-state index contributed by atoms with van der Waals surface area (Å²) in [5.41, 5.74) is 1.88. The molecule has 2 heterocycles. The highest BCUT2D eigenvalue weighted by Gasteiger charge is 2.21. The molecule has 2 aromatic heterocycles. The first kappa shape index (κ1) is 21.1. The quantitative estimate of drug-likeness (QED) is 0.402. The molecule has 9 heteroatoms. The summed E-state index contributed by atoms with van der Waals surface area (Å²) in [7, 11) is 0. The van der Waals surface area contributed by atoms with Crippen molar-refractivity contribution in [1.29, 1.82) is 0 Å². The largest absolute Gasteiger partial charge is 0.508 e. The smallest absolute Gasteiger partial charge is 0.230 e. The van der Waals surface area contributed by atoms with E-state index in [1.165, 1.54) is 28.7 Å². The molecule has 0 aliphatic carbocycles. The number of aryl methyl sites for hydroxylation is 2. The highest BCUT2D eigenvalue weighted by Crippen LogP contribution is 2.42. The fourth-order valence-electron chi connectivity index (χ4n) is 3.15. The van der Waals surface area contributed by atoms with Crippen LogP contribution < -0.4 is 5.32 Å². The molecule has 31 heavy (non-hydrogen) atoms. The maximum absolute atomic E-state index is 13.9. The van der Waals surface area contributed by atoms with Crippen molar-refractivity contribution in [2.24, 2.45) is 0 Å². The number of aromatic hydroxyl groups is 1. The minimum Gasteiger partial charge on any atom is -0.508 e. The van der Waals surface area contributed by atoms with Crippen molar-refractivity contribution in [2.75, 3.05) is 5.32 Å². The number of hydrogen-bond acceptors (Lipinski definition) is 6. The normalized spacial score (nSPS) is 11.0. The Hall–Kier alpha value is -3.17. The van der Waals surface area contributed by atoms with E-state index in [9.17, 15) is 18.7 Å². The van der Waals surface area contributed by atoms with Crippen LogP contribution in [0, 0.1) is 25.5 Å². The van der Waals surface area contributed by atoms with Gasteiger partial charge in [-0.25, -0.2) is 18.7 Å². The molecule has 1 amide bonds. The lowest BCUT2D eigenvalue weighted by atomic mass is 10.1. The summed E-state index contributed by atoms with van der Waals surface area (Å²) in [4.78, 5) is 23.1. The first-order valence-corrected chi connectivity index (χ1v) is 10.9. The van der Waals surface area contributed by atoms with E-state index in [1.807, 2.05) is 19.9 Å². The number of thiazole rings is 2. The lowest BCUT2D eigenvalue weighted by molar-refractivity contribution is -0.115. The van der Waals surface area contributed by atoms with Crippen molar-refractivity contribution < 1.29 is 18.7 Å². The number of benzene rings is 2. The van der Waals surface area contributed by atoms with Crippen molar-refractivity contribution in [2.45, 2.75) is 20.3 Å². The van der Waals surface area contributed by atoms with E-state index in [2.05, 4.69) is 15.3 Å². The average Bonchev–Trinajstić information content (AvgIpc) is 3.27. The summed E-state index contributed by atoms with van der Waals surface area (Å²) in [5.74, 6) is -2.02. The molecular weight excluding hydrogens is 440 g/mol. The second-order valence-electron chi connectivity index (χ2n) is 6.82. The van der Waals surface area contributed by atoms with E-state index >= 15 is 0 Å². The van der Waals surface area contributed by atoms with Gasteiger partial charge in [0.15, 0.2) is 5.13 Å². The molecule has 0 aliphatic heterocycles. The van der Waals surface area contributed by atoms with Gasteiger partial charge in [0.25, 0.3) is 0 Å². The third kappa shape index (κ3) is 4.47. The number of carbonyl (C=O) groups is 1. The lowest BCUT2D eigenvalue weighted by Gasteiger charge is -2.04. The second-order valence-corrected chi connectivity index (χ2v) is 9.02. The predicted molar refractivity (Wildman–Crippen MR) is 118 cm³/mol. The van der Waals surface area contributed by atoms with Crippen LogP contribution in [0.1, 0.15) is 16.3 Å². The summed E-state index contributed by atoms with van der Waals surface area (Å²) >= 11 is 2.70. The predicted octanol–water partition coefficient (Wildman–Crippen LogP) is 5.72. The molecule has 0 saturated carbocycles. The number of hydrogen-bond donors (Lipinski definition) is 2. The van der Waals surface area contributed by atoms with Crippen LogP contribution in [-0.4, -0.2) is 21.0 Å². The van der Waals surface area contributed by atoms with Crippen LogP contribution in [0.4, 0.5) is 13.9 Å². The molecule has 5 nitrogen and oxygen atoms in total. The fourth-order valence-corrected chi connectivity index (χ4v) is 5.11. The number of phenols is 1. The third-order valence-corrected chi connectivity index (χ3v) is 6.60. The monoisotopic (exact) mass is 457 g/mol. The highest BCUT2D eigenvalue weighted by molar-refractivity contribution is 7.20. The molecule has 4 rings (SSSR count). The Morgan fingerprint density at radius 3 is 2.39 bits per heavy atom.